The van der Waals surface area contributed by atoms with Crippen LogP contribution in [0.4, 0.5) is 0 Å². The molecule has 0 spiro atoms. The zero-order chi connectivity index (χ0) is 22.7. The first-order chi connectivity index (χ1) is 15.4. The molecule has 2 aromatic carbocycles. The molecule has 6 nitrogen and oxygen atoms in total. The van der Waals surface area contributed by atoms with Gasteiger partial charge < -0.3 is 15.0 Å². The third-order valence-corrected chi connectivity index (χ3v) is 6.63. The Morgan fingerprint density at radius 3 is 2.47 bits per heavy atom. The smallest absolute Gasteiger partial charge is 0.266 e. The van der Waals surface area contributed by atoms with E-state index in [-0.39, 0.29) is 17.9 Å². The van der Waals surface area contributed by atoms with E-state index in [1.165, 1.54) is 11.3 Å². The summed E-state index contributed by atoms with van der Waals surface area (Å²) in [5.74, 6) is 0.575. The second-order valence-corrected chi connectivity index (χ2v) is 9.23. The summed E-state index contributed by atoms with van der Waals surface area (Å²) in [7, 11) is 1.61. The Balaban J connectivity index is 1.45. The van der Waals surface area contributed by atoms with Crippen LogP contribution in [0.2, 0.25) is 5.02 Å². The molecule has 1 aliphatic rings. The van der Waals surface area contributed by atoms with Crippen LogP contribution >= 0.6 is 22.9 Å². The molecule has 0 atom stereocenters. The Kier molecular flexibility index (Phi) is 6.77. The molecule has 1 heterocycles. The fourth-order valence-electron chi connectivity index (χ4n) is 3.37. The van der Waals surface area contributed by atoms with E-state index in [9.17, 15) is 9.59 Å². The highest BCUT2D eigenvalue weighted by Gasteiger charge is 2.34. The van der Waals surface area contributed by atoms with E-state index >= 15 is 0 Å². The van der Waals surface area contributed by atoms with Gasteiger partial charge in [0, 0.05) is 30.2 Å². The van der Waals surface area contributed by atoms with Crippen molar-refractivity contribution in [2.45, 2.75) is 39.0 Å². The minimum Gasteiger partial charge on any atom is -0.486 e. The van der Waals surface area contributed by atoms with E-state index in [1.807, 2.05) is 24.0 Å². The van der Waals surface area contributed by atoms with E-state index in [2.05, 4.69) is 10.3 Å². The monoisotopic (exact) mass is 469 g/mol. The van der Waals surface area contributed by atoms with Crippen LogP contribution in [-0.4, -0.2) is 34.8 Å². The van der Waals surface area contributed by atoms with Gasteiger partial charge in [-0.05, 0) is 61.7 Å². The molecule has 32 heavy (non-hydrogen) atoms. The molecule has 1 saturated carbocycles. The first kappa shape index (κ1) is 22.3. The maximum atomic E-state index is 13.4. The van der Waals surface area contributed by atoms with Gasteiger partial charge in [-0.15, -0.1) is 11.3 Å². The van der Waals surface area contributed by atoms with Crippen molar-refractivity contribution in [3.05, 3.63) is 80.3 Å². The number of aromatic nitrogens is 1. The van der Waals surface area contributed by atoms with Gasteiger partial charge in [-0.25, -0.2) is 4.98 Å². The van der Waals surface area contributed by atoms with Crippen molar-refractivity contribution in [3.8, 4) is 5.75 Å². The fourth-order valence-corrected chi connectivity index (χ4v) is 4.43. The highest BCUT2D eigenvalue weighted by atomic mass is 35.5. The average Bonchev–Trinajstić information content (AvgIpc) is 3.58. The summed E-state index contributed by atoms with van der Waals surface area (Å²) in [5.41, 5.74) is 2.31. The SMILES string of the molecule is CNC(=O)c1ccc(CN(C(=O)c2sc(COc3ccc(Cl)cc3)nc2C)C2CC2)cc1. The van der Waals surface area contributed by atoms with Gasteiger partial charge in [0.1, 0.15) is 22.2 Å². The van der Waals surface area contributed by atoms with Gasteiger partial charge in [0.15, 0.2) is 0 Å². The molecule has 1 N–H and O–H groups in total. The lowest BCUT2D eigenvalue weighted by Gasteiger charge is -2.22. The van der Waals surface area contributed by atoms with E-state index in [4.69, 9.17) is 16.3 Å². The lowest BCUT2D eigenvalue weighted by atomic mass is 10.1. The second kappa shape index (κ2) is 9.71. The normalized spacial score (nSPS) is 13.0. The van der Waals surface area contributed by atoms with Gasteiger partial charge in [-0.3, -0.25) is 9.59 Å². The number of hydrogen-bond acceptors (Lipinski definition) is 5. The van der Waals surface area contributed by atoms with Crippen molar-refractivity contribution in [1.82, 2.24) is 15.2 Å². The third-order valence-electron chi connectivity index (χ3n) is 5.26. The molecule has 0 aliphatic heterocycles. The Labute approximate surface area is 196 Å². The molecule has 0 bridgehead atoms. The van der Waals surface area contributed by atoms with E-state index in [1.54, 1.807) is 43.4 Å². The predicted octanol–water partition coefficient (Wildman–Crippen LogP) is 4.85. The molecule has 166 valence electrons. The van der Waals surface area contributed by atoms with Crippen LogP contribution in [0.3, 0.4) is 0 Å². The highest BCUT2D eigenvalue weighted by molar-refractivity contribution is 7.13. The number of amides is 2. The molecular formula is C24H24ClN3O3S. The molecule has 1 fully saturated rings. The maximum absolute atomic E-state index is 13.4. The number of rotatable bonds is 8. The van der Waals surface area contributed by atoms with Crippen LogP contribution in [0.25, 0.3) is 0 Å². The van der Waals surface area contributed by atoms with Crippen molar-refractivity contribution in [2.75, 3.05) is 7.05 Å². The van der Waals surface area contributed by atoms with Gasteiger partial charge in [-0.1, -0.05) is 23.7 Å². The fraction of sp³-hybridized carbons (Fsp3) is 0.292. The summed E-state index contributed by atoms with van der Waals surface area (Å²) in [6, 6.07) is 14.8. The first-order valence-corrected chi connectivity index (χ1v) is 11.6. The van der Waals surface area contributed by atoms with E-state index < -0.39 is 0 Å². The van der Waals surface area contributed by atoms with Gasteiger partial charge in [0.25, 0.3) is 11.8 Å². The van der Waals surface area contributed by atoms with Gasteiger partial charge in [0.2, 0.25) is 0 Å². The minimum absolute atomic E-state index is 0.00405. The summed E-state index contributed by atoms with van der Waals surface area (Å²) in [5, 5.41) is 4.02. The van der Waals surface area contributed by atoms with Crippen LogP contribution in [0.15, 0.2) is 48.5 Å². The number of carbonyl (C=O) groups is 2. The number of halogens is 1. The Morgan fingerprint density at radius 1 is 1.16 bits per heavy atom. The molecular weight excluding hydrogens is 446 g/mol. The predicted molar refractivity (Wildman–Crippen MR) is 125 cm³/mol. The number of nitrogens with one attached hydrogen (secondary N) is 1. The largest absolute Gasteiger partial charge is 0.486 e. The third kappa shape index (κ3) is 5.29. The zero-order valence-corrected chi connectivity index (χ0v) is 19.5. The van der Waals surface area contributed by atoms with Crippen LogP contribution in [0.5, 0.6) is 5.75 Å². The van der Waals surface area contributed by atoms with Gasteiger partial charge >= 0.3 is 0 Å². The van der Waals surface area contributed by atoms with Crippen molar-refractivity contribution in [2.24, 2.45) is 0 Å². The molecule has 1 aliphatic carbocycles. The number of benzene rings is 2. The Bertz CT molecular complexity index is 1110. The number of ether oxygens (including phenoxy) is 1. The molecule has 8 heteroatoms. The van der Waals surface area contributed by atoms with Crippen LogP contribution in [-0.2, 0) is 13.2 Å². The van der Waals surface area contributed by atoms with Crippen molar-refractivity contribution < 1.29 is 14.3 Å². The Hall–Kier alpha value is -2.90. The molecule has 0 saturated heterocycles. The molecule has 2 amide bonds. The standard InChI is InChI=1S/C24H24ClN3O3S/c1-15-22(32-21(27-15)14-31-20-11-7-18(25)8-12-20)24(30)28(19-9-10-19)13-16-3-5-17(6-4-16)23(29)26-2/h3-8,11-12,19H,9-10,13-14H2,1-2H3,(H,26,29). The van der Waals surface area contributed by atoms with Gasteiger partial charge in [0.05, 0.1) is 5.69 Å². The summed E-state index contributed by atoms with van der Waals surface area (Å²) in [6.45, 7) is 2.66. The van der Waals surface area contributed by atoms with Crippen LogP contribution < -0.4 is 10.1 Å². The molecule has 0 radical (unpaired) electrons. The summed E-state index contributed by atoms with van der Waals surface area (Å²) in [6.07, 6.45) is 2.01. The second-order valence-electron chi connectivity index (χ2n) is 7.71. The van der Waals surface area contributed by atoms with E-state index in [0.29, 0.717) is 34.4 Å². The van der Waals surface area contributed by atoms with Crippen molar-refractivity contribution in [1.29, 1.82) is 0 Å². The number of aryl methyl sites for hydroxylation is 1. The average molecular weight is 470 g/mol. The molecule has 3 aromatic rings. The number of carbonyl (C=O) groups excluding carboxylic acids is 2. The zero-order valence-electron chi connectivity index (χ0n) is 17.9. The summed E-state index contributed by atoms with van der Waals surface area (Å²) in [4.78, 5) is 32.2. The van der Waals surface area contributed by atoms with E-state index in [0.717, 1.165) is 29.1 Å². The quantitative estimate of drug-likeness (QED) is 0.512. The summed E-state index contributed by atoms with van der Waals surface area (Å²) < 4.78 is 5.78. The number of hydrogen-bond donors (Lipinski definition) is 1. The molecule has 0 unspecified atom stereocenters. The number of nitrogens with zero attached hydrogens (tertiary/aromatic N) is 2. The van der Waals surface area contributed by atoms with Crippen LogP contribution in [0, 0.1) is 6.92 Å². The van der Waals surface area contributed by atoms with Gasteiger partial charge in [-0.2, -0.15) is 0 Å². The topological polar surface area (TPSA) is 71.5 Å². The minimum atomic E-state index is -0.125. The van der Waals surface area contributed by atoms with Crippen LogP contribution in [0.1, 0.15) is 49.1 Å². The van der Waals surface area contributed by atoms with Crippen molar-refractivity contribution in [3.63, 3.8) is 0 Å². The number of thiazole rings is 1. The first-order valence-electron chi connectivity index (χ1n) is 10.4. The van der Waals surface area contributed by atoms with Crippen molar-refractivity contribution >= 4 is 34.8 Å². The molecule has 1 aromatic heterocycles. The maximum Gasteiger partial charge on any atom is 0.266 e. The lowest BCUT2D eigenvalue weighted by Crippen LogP contribution is -2.32. The lowest BCUT2D eigenvalue weighted by molar-refractivity contribution is 0.0733. The molecule has 4 rings (SSSR count). The Morgan fingerprint density at radius 2 is 1.84 bits per heavy atom. The highest BCUT2D eigenvalue weighted by Crippen LogP contribution is 2.32. The summed E-state index contributed by atoms with van der Waals surface area (Å²) >= 11 is 7.29.